The van der Waals surface area contributed by atoms with E-state index in [1.165, 1.54) is 17.0 Å². The molecule has 0 aliphatic carbocycles. The zero-order chi connectivity index (χ0) is 22.8. The van der Waals surface area contributed by atoms with Crippen molar-refractivity contribution in [3.05, 3.63) is 99.6 Å². The molecule has 1 aliphatic heterocycles. The van der Waals surface area contributed by atoms with E-state index in [0.29, 0.717) is 22.7 Å². The van der Waals surface area contributed by atoms with E-state index in [1.807, 2.05) is 31.2 Å². The van der Waals surface area contributed by atoms with Gasteiger partial charge in [0.15, 0.2) is 0 Å². The molecule has 0 aromatic heterocycles. The van der Waals surface area contributed by atoms with Crippen LogP contribution >= 0.6 is 11.6 Å². The first-order valence-electron chi connectivity index (χ1n) is 10.1. The number of amides is 2. The largest absolute Gasteiger partial charge is 0.478 e. The summed E-state index contributed by atoms with van der Waals surface area (Å²) in [5, 5.41) is 12.4. The van der Waals surface area contributed by atoms with Crippen molar-refractivity contribution < 1.29 is 19.5 Å². The van der Waals surface area contributed by atoms with Crippen molar-refractivity contribution in [3.63, 3.8) is 0 Å². The Morgan fingerprint density at radius 3 is 2.47 bits per heavy atom. The Balaban J connectivity index is 1.73. The molecule has 2 amide bonds. The molecule has 1 atom stereocenters. The van der Waals surface area contributed by atoms with E-state index in [9.17, 15) is 14.4 Å². The zero-order valence-electron chi connectivity index (χ0n) is 17.3. The van der Waals surface area contributed by atoms with Crippen molar-refractivity contribution in [1.29, 1.82) is 0 Å². The average Bonchev–Trinajstić information content (AvgIpc) is 2.84. The van der Waals surface area contributed by atoms with Crippen LogP contribution in [0.5, 0.6) is 0 Å². The van der Waals surface area contributed by atoms with Crippen LogP contribution in [0.3, 0.4) is 0 Å². The summed E-state index contributed by atoms with van der Waals surface area (Å²) >= 11 is 6.09. The minimum atomic E-state index is -1.02. The number of rotatable bonds is 5. The van der Waals surface area contributed by atoms with Crippen molar-refractivity contribution in [2.45, 2.75) is 25.9 Å². The van der Waals surface area contributed by atoms with E-state index in [-0.39, 0.29) is 23.9 Å². The molecule has 0 spiro atoms. The summed E-state index contributed by atoms with van der Waals surface area (Å²) in [4.78, 5) is 39.5. The van der Waals surface area contributed by atoms with E-state index < -0.39 is 12.0 Å². The number of aromatic carboxylic acids is 1. The number of benzene rings is 3. The van der Waals surface area contributed by atoms with Crippen LogP contribution in [0.15, 0.2) is 66.7 Å². The highest BCUT2D eigenvalue weighted by atomic mass is 35.5. The number of carbonyl (C=O) groups is 3. The molecule has 0 saturated carbocycles. The van der Waals surface area contributed by atoms with Crippen molar-refractivity contribution in [2.75, 3.05) is 5.32 Å². The molecule has 2 N–H and O–H groups in total. The lowest BCUT2D eigenvalue weighted by molar-refractivity contribution is -0.120. The molecule has 6 nitrogen and oxygen atoms in total. The lowest BCUT2D eigenvalue weighted by Crippen LogP contribution is -2.46. The van der Waals surface area contributed by atoms with Gasteiger partial charge in [0.2, 0.25) is 5.91 Å². The van der Waals surface area contributed by atoms with Gasteiger partial charge in [-0.1, -0.05) is 53.6 Å². The van der Waals surface area contributed by atoms with Gasteiger partial charge in [-0.05, 0) is 48.4 Å². The molecular weight excluding hydrogens is 428 g/mol. The standard InChI is InChI=1S/C25H21ClN2O4/c1-15-3-2-4-17(11-15)12-22-23(29)27-21-13-19(26)9-10-20(21)24(30)28(22)14-16-5-7-18(8-6-16)25(31)32/h2-11,13,22H,12,14H2,1H3,(H,27,29)(H,31,32)/t22-/m1/s1. The number of carbonyl (C=O) groups excluding carboxylic acids is 2. The second-order valence-electron chi connectivity index (χ2n) is 7.82. The first-order chi connectivity index (χ1) is 15.3. The van der Waals surface area contributed by atoms with E-state index in [0.717, 1.165) is 16.7 Å². The molecular formula is C25H21ClN2O4. The Morgan fingerprint density at radius 2 is 1.78 bits per heavy atom. The van der Waals surface area contributed by atoms with E-state index in [2.05, 4.69) is 5.32 Å². The highest BCUT2D eigenvalue weighted by Crippen LogP contribution is 2.29. The maximum Gasteiger partial charge on any atom is 0.335 e. The van der Waals surface area contributed by atoms with E-state index in [4.69, 9.17) is 16.7 Å². The lowest BCUT2D eigenvalue weighted by Gasteiger charge is -2.29. The molecule has 0 bridgehead atoms. The zero-order valence-corrected chi connectivity index (χ0v) is 18.1. The van der Waals surface area contributed by atoms with Gasteiger partial charge in [-0.25, -0.2) is 4.79 Å². The lowest BCUT2D eigenvalue weighted by atomic mass is 10.0. The molecule has 7 heteroatoms. The van der Waals surface area contributed by atoms with Gasteiger partial charge in [0, 0.05) is 18.0 Å². The minimum absolute atomic E-state index is 0.157. The number of halogens is 1. The van der Waals surface area contributed by atoms with Crippen molar-refractivity contribution in [2.24, 2.45) is 0 Å². The normalized spacial score (nSPS) is 15.7. The summed E-state index contributed by atoms with van der Waals surface area (Å²) in [6, 6.07) is 18.2. The number of aryl methyl sites for hydroxylation is 1. The Kier molecular flexibility index (Phi) is 5.97. The second-order valence-corrected chi connectivity index (χ2v) is 8.26. The van der Waals surface area contributed by atoms with Gasteiger partial charge >= 0.3 is 5.97 Å². The Hall–Kier alpha value is -3.64. The molecule has 3 aromatic rings. The molecule has 0 radical (unpaired) electrons. The summed E-state index contributed by atoms with van der Waals surface area (Å²) in [5.41, 5.74) is 3.62. The fourth-order valence-corrected chi connectivity index (χ4v) is 4.03. The van der Waals surface area contributed by atoms with Gasteiger partial charge in [0.05, 0.1) is 16.8 Å². The average molecular weight is 449 g/mol. The number of hydrogen-bond donors (Lipinski definition) is 2. The summed E-state index contributed by atoms with van der Waals surface area (Å²) in [5.74, 6) is -1.62. The highest BCUT2D eigenvalue weighted by Gasteiger charge is 2.35. The number of hydrogen-bond acceptors (Lipinski definition) is 3. The molecule has 1 heterocycles. The number of carboxylic acids is 1. The number of nitrogens with zero attached hydrogens (tertiary/aromatic N) is 1. The Bertz CT molecular complexity index is 1210. The van der Waals surface area contributed by atoms with Crippen LogP contribution in [0.2, 0.25) is 5.02 Å². The summed E-state index contributed by atoms with van der Waals surface area (Å²) in [6.45, 7) is 2.13. The van der Waals surface area contributed by atoms with Crippen molar-refractivity contribution in [1.82, 2.24) is 4.90 Å². The number of nitrogens with one attached hydrogen (secondary N) is 1. The Morgan fingerprint density at radius 1 is 1.03 bits per heavy atom. The predicted molar refractivity (Wildman–Crippen MR) is 122 cm³/mol. The second kappa shape index (κ2) is 8.85. The highest BCUT2D eigenvalue weighted by molar-refractivity contribution is 6.31. The van der Waals surface area contributed by atoms with Gasteiger partial charge in [0.25, 0.3) is 5.91 Å². The third-order valence-electron chi connectivity index (χ3n) is 5.47. The van der Waals surface area contributed by atoms with E-state index in [1.54, 1.807) is 30.3 Å². The summed E-state index contributed by atoms with van der Waals surface area (Å²) < 4.78 is 0. The molecule has 32 heavy (non-hydrogen) atoms. The van der Waals surface area contributed by atoms with Crippen molar-refractivity contribution >= 4 is 35.1 Å². The maximum absolute atomic E-state index is 13.5. The fourth-order valence-electron chi connectivity index (χ4n) is 3.86. The van der Waals surface area contributed by atoms with Crippen LogP contribution in [0.25, 0.3) is 0 Å². The molecule has 0 unspecified atom stereocenters. The summed E-state index contributed by atoms with van der Waals surface area (Å²) in [6.07, 6.45) is 0.341. The van der Waals surface area contributed by atoms with Crippen LogP contribution in [0, 0.1) is 6.92 Å². The van der Waals surface area contributed by atoms with Crippen LogP contribution in [-0.2, 0) is 17.8 Å². The van der Waals surface area contributed by atoms with Gasteiger partial charge in [0.1, 0.15) is 6.04 Å². The summed E-state index contributed by atoms with van der Waals surface area (Å²) in [7, 11) is 0. The van der Waals surface area contributed by atoms with Crippen LogP contribution in [0.1, 0.15) is 37.4 Å². The monoisotopic (exact) mass is 448 g/mol. The van der Waals surface area contributed by atoms with Crippen LogP contribution in [0.4, 0.5) is 5.69 Å². The number of carboxylic acid groups (broad SMARTS) is 1. The smallest absolute Gasteiger partial charge is 0.335 e. The number of fused-ring (bicyclic) bond motifs is 1. The third kappa shape index (κ3) is 4.50. The van der Waals surface area contributed by atoms with Gasteiger partial charge < -0.3 is 15.3 Å². The first kappa shape index (κ1) is 21.6. The quantitative estimate of drug-likeness (QED) is 0.599. The van der Waals surface area contributed by atoms with Gasteiger partial charge in [-0.15, -0.1) is 0 Å². The van der Waals surface area contributed by atoms with Crippen LogP contribution < -0.4 is 5.32 Å². The van der Waals surface area contributed by atoms with Crippen molar-refractivity contribution in [3.8, 4) is 0 Å². The SMILES string of the molecule is Cc1cccc(C[C@@H]2C(=O)Nc3cc(Cl)ccc3C(=O)N2Cc2ccc(C(=O)O)cc2)c1. The molecule has 4 rings (SSSR count). The molecule has 162 valence electrons. The van der Waals surface area contributed by atoms with Gasteiger partial charge in [-0.2, -0.15) is 0 Å². The molecule has 0 fully saturated rings. The fraction of sp³-hybridized carbons (Fsp3) is 0.160. The topological polar surface area (TPSA) is 86.7 Å². The minimum Gasteiger partial charge on any atom is -0.478 e. The Labute approximate surface area is 190 Å². The van der Waals surface area contributed by atoms with E-state index >= 15 is 0 Å². The molecule has 0 saturated heterocycles. The van der Waals surface area contributed by atoms with Gasteiger partial charge in [-0.3, -0.25) is 9.59 Å². The number of anilines is 1. The predicted octanol–water partition coefficient (Wildman–Crippen LogP) is 4.55. The first-order valence-corrected chi connectivity index (χ1v) is 10.5. The molecule has 1 aliphatic rings. The third-order valence-corrected chi connectivity index (χ3v) is 5.71. The maximum atomic E-state index is 13.5. The molecule has 3 aromatic carbocycles. The van der Waals surface area contributed by atoms with Crippen LogP contribution in [-0.4, -0.2) is 33.8 Å².